The first-order chi connectivity index (χ1) is 6.58. The molecule has 2 N–H and O–H groups in total. The lowest BCUT2D eigenvalue weighted by Crippen LogP contribution is -2.28. The van der Waals surface area contributed by atoms with E-state index in [0.717, 1.165) is 26.1 Å². The minimum absolute atomic E-state index is 0.571. The standard InChI is InChI=1S/C10H19N3O/c1-10(2,14)4-6-11-7-9-13-8-3-5-12-13/h3,5,8,11,14H,4,6-7,9H2,1-2H3. The van der Waals surface area contributed by atoms with E-state index in [1.165, 1.54) is 0 Å². The molecule has 1 aromatic rings. The molecule has 1 aromatic heterocycles. The molecular formula is C10H19N3O. The summed E-state index contributed by atoms with van der Waals surface area (Å²) in [5.41, 5.74) is -0.571. The second kappa shape index (κ2) is 5.12. The molecule has 0 unspecified atom stereocenters. The van der Waals surface area contributed by atoms with Crippen LogP contribution in [0, 0.1) is 0 Å². The SMILES string of the molecule is CC(C)(O)CCNCCn1cccn1. The summed E-state index contributed by atoms with van der Waals surface area (Å²) in [6.07, 6.45) is 4.49. The lowest BCUT2D eigenvalue weighted by atomic mass is 10.1. The van der Waals surface area contributed by atoms with Crippen LogP contribution in [0.4, 0.5) is 0 Å². The summed E-state index contributed by atoms with van der Waals surface area (Å²) < 4.78 is 1.89. The zero-order valence-electron chi connectivity index (χ0n) is 8.90. The van der Waals surface area contributed by atoms with E-state index in [2.05, 4.69) is 10.4 Å². The van der Waals surface area contributed by atoms with Gasteiger partial charge in [0.05, 0.1) is 12.1 Å². The van der Waals surface area contributed by atoms with E-state index in [1.54, 1.807) is 6.20 Å². The van der Waals surface area contributed by atoms with Gasteiger partial charge < -0.3 is 10.4 Å². The van der Waals surface area contributed by atoms with Gasteiger partial charge in [0.2, 0.25) is 0 Å². The van der Waals surface area contributed by atoms with Gasteiger partial charge in [0.1, 0.15) is 0 Å². The first kappa shape index (κ1) is 11.2. The van der Waals surface area contributed by atoms with Crippen LogP contribution < -0.4 is 5.32 Å². The molecular weight excluding hydrogens is 178 g/mol. The average Bonchev–Trinajstić information content (AvgIpc) is 2.54. The summed E-state index contributed by atoms with van der Waals surface area (Å²) in [4.78, 5) is 0. The highest BCUT2D eigenvalue weighted by atomic mass is 16.3. The zero-order chi connectivity index (χ0) is 10.4. The maximum Gasteiger partial charge on any atom is 0.0603 e. The fraction of sp³-hybridized carbons (Fsp3) is 0.700. The van der Waals surface area contributed by atoms with E-state index in [1.807, 2.05) is 30.8 Å². The van der Waals surface area contributed by atoms with E-state index >= 15 is 0 Å². The molecule has 0 aromatic carbocycles. The Labute approximate surface area is 84.9 Å². The molecule has 14 heavy (non-hydrogen) atoms. The van der Waals surface area contributed by atoms with Gasteiger partial charge in [0, 0.05) is 18.9 Å². The predicted molar refractivity (Wildman–Crippen MR) is 56.0 cm³/mol. The first-order valence-corrected chi connectivity index (χ1v) is 4.98. The predicted octanol–water partition coefficient (Wildman–Crippen LogP) is 0.634. The highest BCUT2D eigenvalue weighted by Crippen LogP contribution is 2.04. The van der Waals surface area contributed by atoms with Crippen molar-refractivity contribution in [2.24, 2.45) is 0 Å². The monoisotopic (exact) mass is 197 g/mol. The van der Waals surface area contributed by atoms with E-state index in [9.17, 15) is 5.11 Å². The van der Waals surface area contributed by atoms with Crippen LogP contribution in [0.15, 0.2) is 18.5 Å². The smallest absolute Gasteiger partial charge is 0.0603 e. The molecule has 80 valence electrons. The molecule has 0 bridgehead atoms. The van der Waals surface area contributed by atoms with Crippen molar-refractivity contribution in [1.82, 2.24) is 15.1 Å². The molecule has 1 rings (SSSR count). The molecule has 0 spiro atoms. The second-order valence-electron chi connectivity index (χ2n) is 4.08. The molecule has 0 atom stereocenters. The number of aromatic nitrogens is 2. The summed E-state index contributed by atoms with van der Waals surface area (Å²) in [7, 11) is 0. The summed E-state index contributed by atoms with van der Waals surface area (Å²) in [5.74, 6) is 0. The van der Waals surface area contributed by atoms with E-state index in [0.29, 0.717) is 0 Å². The number of hydrogen-bond donors (Lipinski definition) is 2. The minimum Gasteiger partial charge on any atom is -0.390 e. The van der Waals surface area contributed by atoms with Gasteiger partial charge in [-0.05, 0) is 32.9 Å². The molecule has 0 aliphatic carbocycles. The minimum atomic E-state index is -0.571. The van der Waals surface area contributed by atoms with Crippen LogP contribution >= 0.6 is 0 Å². The van der Waals surface area contributed by atoms with Crippen LogP contribution in [0.5, 0.6) is 0 Å². The average molecular weight is 197 g/mol. The number of rotatable bonds is 6. The third-order valence-corrected chi connectivity index (χ3v) is 1.99. The van der Waals surface area contributed by atoms with Crippen molar-refractivity contribution in [2.45, 2.75) is 32.4 Å². The Morgan fingerprint density at radius 2 is 2.21 bits per heavy atom. The van der Waals surface area contributed by atoms with Crippen molar-refractivity contribution in [2.75, 3.05) is 13.1 Å². The van der Waals surface area contributed by atoms with Gasteiger partial charge in [-0.25, -0.2) is 0 Å². The van der Waals surface area contributed by atoms with Crippen LogP contribution in [0.25, 0.3) is 0 Å². The fourth-order valence-electron chi connectivity index (χ4n) is 1.15. The molecule has 0 fully saturated rings. The van der Waals surface area contributed by atoms with Crippen molar-refractivity contribution in [3.63, 3.8) is 0 Å². The summed E-state index contributed by atoms with van der Waals surface area (Å²) >= 11 is 0. The van der Waals surface area contributed by atoms with Crippen LogP contribution in [0.3, 0.4) is 0 Å². The van der Waals surface area contributed by atoms with Crippen molar-refractivity contribution in [3.05, 3.63) is 18.5 Å². The molecule has 0 aliphatic heterocycles. The number of nitrogens with one attached hydrogen (secondary N) is 1. The Morgan fingerprint density at radius 1 is 1.43 bits per heavy atom. The van der Waals surface area contributed by atoms with Crippen LogP contribution in [-0.2, 0) is 6.54 Å². The van der Waals surface area contributed by atoms with E-state index in [4.69, 9.17) is 0 Å². The van der Waals surface area contributed by atoms with Crippen molar-refractivity contribution in [3.8, 4) is 0 Å². The highest BCUT2D eigenvalue weighted by molar-refractivity contribution is 4.77. The lowest BCUT2D eigenvalue weighted by Gasteiger charge is -2.16. The Balaban J connectivity index is 2.00. The summed E-state index contributed by atoms with van der Waals surface area (Å²) in [5, 5.41) is 16.8. The van der Waals surface area contributed by atoms with Crippen LogP contribution in [0.2, 0.25) is 0 Å². The van der Waals surface area contributed by atoms with Crippen molar-refractivity contribution in [1.29, 1.82) is 0 Å². The molecule has 0 saturated heterocycles. The Kier molecular flexibility index (Phi) is 4.10. The second-order valence-corrected chi connectivity index (χ2v) is 4.08. The third kappa shape index (κ3) is 4.99. The largest absolute Gasteiger partial charge is 0.390 e. The quantitative estimate of drug-likeness (QED) is 0.658. The van der Waals surface area contributed by atoms with Crippen molar-refractivity contribution < 1.29 is 5.11 Å². The fourth-order valence-corrected chi connectivity index (χ4v) is 1.15. The van der Waals surface area contributed by atoms with Gasteiger partial charge in [-0.15, -0.1) is 0 Å². The molecule has 4 nitrogen and oxygen atoms in total. The number of hydrogen-bond acceptors (Lipinski definition) is 3. The molecule has 0 saturated carbocycles. The molecule has 0 radical (unpaired) electrons. The molecule has 0 amide bonds. The normalized spacial score (nSPS) is 11.9. The van der Waals surface area contributed by atoms with Gasteiger partial charge in [0.25, 0.3) is 0 Å². The topological polar surface area (TPSA) is 50.1 Å². The third-order valence-electron chi connectivity index (χ3n) is 1.99. The van der Waals surface area contributed by atoms with Gasteiger partial charge in [-0.1, -0.05) is 0 Å². The molecule has 1 heterocycles. The summed E-state index contributed by atoms with van der Waals surface area (Å²) in [6, 6.07) is 1.91. The Morgan fingerprint density at radius 3 is 2.79 bits per heavy atom. The van der Waals surface area contributed by atoms with Gasteiger partial charge in [-0.3, -0.25) is 4.68 Å². The van der Waals surface area contributed by atoms with Crippen molar-refractivity contribution >= 4 is 0 Å². The molecule has 4 heteroatoms. The number of aliphatic hydroxyl groups is 1. The Hall–Kier alpha value is -0.870. The lowest BCUT2D eigenvalue weighted by molar-refractivity contribution is 0.0712. The maximum absolute atomic E-state index is 9.44. The van der Waals surface area contributed by atoms with E-state index in [-0.39, 0.29) is 0 Å². The van der Waals surface area contributed by atoms with Gasteiger partial charge >= 0.3 is 0 Å². The van der Waals surface area contributed by atoms with Crippen LogP contribution in [-0.4, -0.2) is 33.6 Å². The zero-order valence-corrected chi connectivity index (χ0v) is 8.90. The highest BCUT2D eigenvalue weighted by Gasteiger charge is 2.10. The maximum atomic E-state index is 9.44. The molecule has 0 aliphatic rings. The Bertz CT molecular complexity index is 238. The summed E-state index contributed by atoms with van der Waals surface area (Å²) in [6.45, 7) is 6.24. The van der Waals surface area contributed by atoms with Gasteiger partial charge in [0.15, 0.2) is 0 Å². The first-order valence-electron chi connectivity index (χ1n) is 4.98. The van der Waals surface area contributed by atoms with Gasteiger partial charge in [-0.2, -0.15) is 5.10 Å². The van der Waals surface area contributed by atoms with Crippen LogP contribution in [0.1, 0.15) is 20.3 Å². The van der Waals surface area contributed by atoms with E-state index < -0.39 is 5.60 Å². The number of nitrogens with zero attached hydrogens (tertiary/aromatic N) is 2.